The lowest BCUT2D eigenvalue weighted by Gasteiger charge is -2.32. The summed E-state index contributed by atoms with van der Waals surface area (Å²) >= 11 is 0. The third kappa shape index (κ3) is 3.76. The van der Waals surface area contributed by atoms with Gasteiger partial charge in [0.25, 0.3) is 0 Å². The molecule has 2 aromatic rings. The highest BCUT2D eigenvalue weighted by molar-refractivity contribution is 5.90. The quantitative estimate of drug-likeness (QED) is 0.896. The van der Waals surface area contributed by atoms with Gasteiger partial charge < -0.3 is 15.3 Å². The van der Waals surface area contributed by atoms with Crippen molar-refractivity contribution in [2.75, 3.05) is 18.4 Å². The number of anilines is 1. The monoisotopic (exact) mass is 340 g/mol. The molecule has 1 saturated heterocycles. The first-order chi connectivity index (χ1) is 12.1. The molecule has 1 aromatic heterocycles. The van der Waals surface area contributed by atoms with E-state index in [0.717, 1.165) is 18.4 Å². The summed E-state index contributed by atoms with van der Waals surface area (Å²) in [4.78, 5) is 25.5. The third-order valence-electron chi connectivity index (χ3n) is 4.56. The van der Waals surface area contributed by atoms with Gasteiger partial charge in [0.1, 0.15) is 0 Å². The summed E-state index contributed by atoms with van der Waals surface area (Å²) in [5.74, 6) is -0.753. The Balaban J connectivity index is 1.63. The van der Waals surface area contributed by atoms with Crippen LogP contribution in [0.15, 0.2) is 36.5 Å². The SMILES string of the molecule is Cc1nnccc1NC(=O)N1CCC(c2ccccc2C(=O)O)CC1. The highest BCUT2D eigenvalue weighted by Crippen LogP contribution is 2.30. The molecule has 0 atom stereocenters. The Morgan fingerprint density at radius 2 is 1.92 bits per heavy atom. The van der Waals surface area contributed by atoms with E-state index >= 15 is 0 Å². The van der Waals surface area contributed by atoms with Gasteiger partial charge in [-0.1, -0.05) is 18.2 Å². The lowest BCUT2D eigenvalue weighted by molar-refractivity contribution is 0.0694. The van der Waals surface area contributed by atoms with E-state index in [1.54, 1.807) is 30.0 Å². The number of hydrogen-bond donors (Lipinski definition) is 2. The summed E-state index contributed by atoms with van der Waals surface area (Å²) < 4.78 is 0. The van der Waals surface area contributed by atoms with Crippen molar-refractivity contribution in [1.82, 2.24) is 15.1 Å². The summed E-state index contributed by atoms with van der Waals surface area (Å²) in [5.41, 5.74) is 2.52. The summed E-state index contributed by atoms with van der Waals surface area (Å²) in [6, 6.07) is 8.66. The number of nitrogens with zero attached hydrogens (tertiary/aromatic N) is 3. The third-order valence-corrected chi connectivity index (χ3v) is 4.56. The molecule has 0 spiro atoms. The molecule has 130 valence electrons. The van der Waals surface area contributed by atoms with Crippen LogP contribution < -0.4 is 5.32 Å². The van der Waals surface area contributed by atoms with Gasteiger partial charge >= 0.3 is 12.0 Å². The van der Waals surface area contributed by atoms with Gasteiger partial charge in [-0.15, -0.1) is 0 Å². The van der Waals surface area contributed by atoms with Gasteiger partial charge in [-0.2, -0.15) is 10.2 Å². The van der Waals surface area contributed by atoms with Crippen LogP contribution in [-0.2, 0) is 0 Å². The molecule has 0 bridgehead atoms. The summed E-state index contributed by atoms with van der Waals surface area (Å²) in [5, 5.41) is 19.9. The second kappa shape index (κ2) is 7.29. The maximum absolute atomic E-state index is 12.4. The van der Waals surface area contributed by atoms with Crippen molar-refractivity contribution in [2.24, 2.45) is 0 Å². The topological polar surface area (TPSA) is 95.4 Å². The van der Waals surface area contributed by atoms with Gasteiger partial charge in [0.15, 0.2) is 0 Å². The molecule has 7 nitrogen and oxygen atoms in total. The maximum atomic E-state index is 12.4. The zero-order valence-electron chi connectivity index (χ0n) is 14.0. The van der Waals surface area contributed by atoms with Crippen LogP contribution in [0.3, 0.4) is 0 Å². The molecule has 0 aliphatic carbocycles. The van der Waals surface area contributed by atoms with Crippen LogP contribution in [0.1, 0.15) is 40.4 Å². The number of carbonyl (C=O) groups excluding carboxylic acids is 1. The van der Waals surface area contributed by atoms with Gasteiger partial charge in [-0.3, -0.25) is 0 Å². The van der Waals surface area contributed by atoms with Gasteiger partial charge in [0.2, 0.25) is 0 Å². The number of urea groups is 1. The molecule has 1 fully saturated rings. The Kier molecular flexibility index (Phi) is 4.92. The van der Waals surface area contributed by atoms with Crippen LogP contribution in [0.4, 0.5) is 10.5 Å². The molecule has 0 radical (unpaired) electrons. The average Bonchev–Trinajstić information content (AvgIpc) is 2.63. The van der Waals surface area contributed by atoms with Crippen molar-refractivity contribution in [3.63, 3.8) is 0 Å². The van der Waals surface area contributed by atoms with E-state index in [1.807, 2.05) is 12.1 Å². The molecule has 1 aromatic carbocycles. The van der Waals surface area contributed by atoms with Crippen molar-refractivity contribution in [3.05, 3.63) is 53.3 Å². The van der Waals surface area contributed by atoms with E-state index in [-0.39, 0.29) is 11.9 Å². The summed E-state index contributed by atoms with van der Waals surface area (Å²) in [6.07, 6.45) is 3.02. The van der Waals surface area contributed by atoms with Crippen molar-refractivity contribution >= 4 is 17.7 Å². The molecule has 7 heteroatoms. The summed E-state index contributed by atoms with van der Waals surface area (Å²) in [6.45, 7) is 2.96. The number of rotatable bonds is 3. The number of amides is 2. The minimum atomic E-state index is -0.906. The smallest absolute Gasteiger partial charge is 0.335 e. The molecule has 1 aliphatic rings. The standard InChI is InChI=1S/C18H20N4O3/c1-12-16(6-9-19-21-12)20-18(25)22-10-7-13(8-11-22)14-4-2-3-5-15(14)17(23)24/h2-6,9,13H,7-8,10-11H2,1H3,(H,23,24)(H,19,20,25). The Labute approximate surface area is 145 Å². The lowest BCUT2D eigenvalue weighted by atomic mass is 9.86. The molecule has 3 rings (SSSR count). The lowest BCUT2D eigenvalue weighted by Crippen LogP contribution is -2.40. The normalized spacial score (nSPS) is 15.0. The molecule has 2 heterocycles. The number of piperidine rings is 1. The maximum Gasteiger partial charge on any atom is 0.335 e. The van der Waals surface area contributed by atoms with E-state index in [4.69, 9.17) is 0 Å². The van der Waals surface area contributed by atoms with E-state index in [0.29, 0.717) is 30.0 Å². The number of carboxylic acids is 1. The minimum absolute atomic E-state index is 0.153. The van der Waals surface area contributed by atoms with Gasteiger partial charge in [-0.05, 0) is 43.4 Å². The second-order valence-electron chi connectivity index (χ2n) is 6.11. The Hall–Kier alpha value is -2.96. The molecule has 2 N–H and O–H groups in total. The number of aryl methyl sites for hydroxylation is 1. The molecular weight excluding hydrogens is 320 g/mol. The number of likely N-dealkylation sites (tertiary alicyclic amines) is 1. The Bertz CT molecular complexity index is 785. The number of hydrogen-bond acceptors (Lipinski definition) is 4. The number of nitrogens with one attached hydrogen (secondary N) is 1. The zero-order valence-corrected chi connectivity index (χ0v) is 14.0. The van der Waals surface area contributed by atoms with Gasteiger partial charge in [0.05, 0.1) is 23.1 Å². The second-order valence-corrected chi connectivity index (χ2v) is 6.11. The van der Waals surface area contributed by atoms with Crippen LogP contribution in [-0.4, -0.2) is 45.3 Å². The van der Waals surface area contributed by atoms with Crippen LogP contribution in [0.25, 0.3) is 0 Å². The molecule has 2 amide bonds. The highest BCUT2D eigenvalue weighted by Gasteiger charge is 2.26. The predicted octanol–water partition coefficient (Wildman–Crippen LogP) is 2.89. The van der Waals surface area contributed by atoms with Crippen molar-refractivity contribution in [2.45, 2.75) is 25.7 Å². The number of aromatic carboxylic acids is 1. The van der Waals surface area contributed by atoms with Crippen LogP contribution in [0, 0.1) is 6.92 Å². The van der Waals surface area contributed by atoms with Crippen LogP contribution in [0.5, 0.6) is 0 Å². The van der Waals surface area contributed by atoms with Crippen molar-refractivity contribution in [1.29, 1.82) is 0 Å². The van der Waals surface area contributed by atoms with E-state index in [1.165, 1.54) is 6.20 Å². The largest absolute Gasteiger partial charge is 0.478 e. The van der Waals surface area contributed by atoms with Gasteiger partial charge in [-0.25, -0.2) is 9.59 Å². The van der Waals surface area contributed by atoms with E-state index in [2.05, 4.69) is 15.5 Å². The van der Waals surface area contributed by atoms with Gasteiger partial charge in [0, 0.05) is 13.1 Å². The fourth-order valence-electron chi connectivity index (χ4n) is 3.17. The zero-order chi connectivity index (χ0) is 17.8. The van der Waals surface area contributed by atoms with E-state index in [9.17, 15) is 14.7 Å². The van der Waals surface area contributed by atoms with E-state index < -0.39 is 5.97 Å². The summed E-state index contributed by atoms with van der Waals surface area (Å²) in [7, 11) is 0. The van der Waals surface area contributed by atoms with Crippen molar-refractivity contribution < 1.29 is 14.7 Å². The van der Waals surface area contributed by atoms with Crippen LogP contribution in [0.2, 0.25) is 0 Å². The first-order valence-electron chi connectivity index (χ1n) is 8.22. The molecular formula is C18H20N4O3. The fourth-order valence-corrected chi connectivity index (χ4v) is 3.17. The first kappa shape index (κ1) is 16.9. The molecule has 0 saturated carbocycles. The predicted molar refractivity (Wildman–Crippen MR) is 92.7 cm³/mol. The molecule has 0 unspecified atom stereocenters. The number of benzene rings is 1. The number of aromatic nitrogens is 2. The highest BCUT2D eigenvalue weighted by atomic mass is 16.4. The Morgan fingerprint density at radius 1 is 1.20 bits per heavy atom. The average molecular weight is 340 g/mol. The number of carbonyl (C=O) groups is 2. The van der Waals surface area contributed by atoms with Crippen molar-refractivity contribution in [3.8, 4) is 0 Å². The minimum Gasteiger partial charge on any atom is -0.478 e. The first-order valence-corrected chi connectivity index (χ1v) is 8.22. The molecule has 1 aliphatic heterocycles. The van der Waals surface area contributed by atoms with Crippen LogP contribution >= 0.6 is 0 Å². The Morgan fingerprint density at radius 3 is 2.60 bits per heavy atom. The fraction of sp³-hybridized carbons (Fsp3) is 0.333. The molecule has 25 heavy (non-hydrogen) atoms. The number of carboxylic acid groups (broad SMARTS) is 1.